The summed E-state index contributed by atoms with van der Waals surface area (Å²) in [6.07, 6.45) is 0.425. The smallest absolute Gasteiger partial charge is 0.275 e. The minimum absolute atomic E-state index is 0.0763. The molecule has 1 aliphatic carbocycles. The number of amides is 2. The predicted molar refractivity (Wildman–Crippen MR) is 130 cm³/mol. The van der Waals surface area contributed by atoms with Crippen molar-refractivity contribution in [2.45, 2.75) is 38.8 Å². The van der Waals surface area contributed by atoms with Crippen molar-refractivity contribution < 1.29 is 22.8 Å². The van der Waals surface area contributed by atoms with Crippen LogP contribution in [-0.2, 0) is 12.5 Å². The number of nitrogens with zero attached hydrogens (tertiary/aromatic N) is 4. The average Bonchev–Trinajstić information content (AvgIpc) is 3.44. The Morgan fingerprint density at radius 3 is 2.53 bits per heavy atom. The van der Waals surface area contributed by atoms with Crippen molar-refractivity contribution in [3.63, 3.8) is 0 Å². The fourth-order valence-corrected chi connectivity index (χ4v) is 4.32. The van der Waals surface area contributed by atoms with Gasteiger partial charge in [-0.25, -0.2) is 28.1 Å². The maximum absolute atomic E-state index is 14.9. The van der Waals surface area contributed by atoms with E-state index in [1.807, 2.05) is 0 Å². The molecule has 0 aliphatic heterocycles. The van der Waals surface area contributed by atoms with Gasteiger partial charge in [-0.05, 0) is 42.7 Å². The number of halogens is 3. The van der Waals surface area contributed by atoms with E-state index in [1.165, 1.54) is 24.3 Å². The third kappa shape index (κ3) is 4.97. The first-order valence-corrected chi connectivity index (χ1v) is 11.7. The fourth-order valence-electron chi connectivity index (χ4n) is 4.32. The third-order valence-electron chi connectivity index (χ3n) is 6.25. The van der Waals surface area contributed by atoms with Crippen LogP contribution in [0.25, 0.3) is 11.4 Å². The Balaban J connectivity index is 1.29. The summed E-state index contributed by atoms with van der Waals surface area (Å²) in [5.41, 5.74) is 1.41. The lowest BCUT2D eigenvalue weighted by molar-refractivity contribution is -0.00843. The molecule has 0 saturated carbocycles. The summed E-state index contributed by atoms with van der Waals surface area (Å²) < 4.78 is 43.2. The molecule has 9 nitrogen and oxygen atoms in total. The second kappa shape index (κ2) is 9.69. The Morgan fingerprint density at radius 2 is 1.82 bits per heavy atom. The molecule has 2 amide bonds. The van der Waals surface area contributed by atoms with Gasteiger partial charge in [0.05, 0.1) is 6.04 Å². The van der Waals surface area contributed by atoms with Crippen LogP contribution in [0.5, 0.6) is 0 Å². The highest BCUT2D eigenvalue weighted by Crippen LogP contribution is 2.48. The summed E-state index contributed by atoms with van der Waals surface area (Å²) >= 11 is 0. The van der Waals surface area contributed by atoms with E-state index in [1.54, 1.807) is 32.0 Å². The Morgan fingerprint density at radius 1 is 1.05 bits per heavy atom. The number of nitrogens with one attached hydrogen (secondary N) is 3. The van der Waals surface area contributed by atoms with Crippen LogP contribution in [0.4, 0.5) is 13.2 Å². The molecule has 2 aromatic heterocycles. The average molecular weight is 522 g/mol. The maximum atomic E-state index is 14.9. The molecule has 0 spiro atoms. The highest BCUT2D eigenvalue weighted by atomic mass is 19.3. The van der Waals surface area contributed by atoms with E-state index in [0.29, 0.717) is 28.3 Å². The van der Waals surface area contributed by atoms with Crippen molar-refractivity contribution >= 4 is 11.8 Å². The summed E-state index contributed by atoms with van der Waals surface area (Å²) in [4.78, 5) is 37.4. The number of hydrogen-bond acceptors (Lipinski definition) is 6. The SMILES string of the molecule is Cc1nc(-c2ccc3c(c2)C(F)(F)C[C@@H]3NC(=O)c2cc(C(=O)NCc3ccc(F)c(C)c3)ncn2)n[nH]1. The number of aromatic amines is 1. The monoisotopic (exact) mass is 521 g/mol. The van der Waals surface area contributed by atoms with Crippen LogP contribution in [0.3, 0.4) is 0 Å². The van der Waals surface area contributed by atoms with Crippen LogP contribution in [-0.4, -0.2) is 37.0 Å². The maximum Gasteiger partial charge on any atom is 0.275 e. The highest BCUT2D eigenvalue weighted by Gasteiger charge is 2.45. The lowest BCUT2D eigenvalue weighted by Gasteiger charge is -2.14. The van der Waals surface area contributed by atoms with Crippen LogP contribution in [0.2, 0.25) is 0 Å². The number of hydrogen-bond donors (Lipinski definition) is 3. The van der Waals surface area contributed by atoms with Crippen molar-refractivity contribution in [1.29, 1.82) is 0 Å². The van der Waals surface area contributed by atoms with Crippen LogP contribution in [0.1, 0.15) is 61.5 Å². The van der Waals surface area contributed by atoms with E-state index in [-0.39, 0.29) is 34.9 Å². The molecule has 2 aromatic carbocycles. The molecule has 5 rings (SSSR count). The van der Waals surface area contributed by atoms with Crippen molar-refractivity contribution in [1.82, 2.24) is 35.8 Å². The Labute approximate surface area is 214 Å². The summed E-state index contributed by atoms with van der Waals surface area (Å²) in [5.74, 6) is -3.96. The fraction of sp³-hybridized carbons (Fsp3) is 0.231. The Hall–Kier alpha value is -4.61. The van der Waals surface area contributed by atoms with E-state index < -0.39 is 30.2 Å². The number of fused-ring (bicyclic) bond motifs is 1. The molecule has 0 bridgehead atoms. The number of H-pyrrole nitrogens is 1. The number of carbonyl (C=O) groups is 2. The molecule has 1 aliphatic rings. The largest absolute Gasteiger partial charge is 0.347 e. The number of aromatic nitrogens is 5. The van der Waals surface area contributed by atoms with E-state index in [0.717, 1.165) is 6.33 Å². The van der Waals surface area contributed by atoms with Gasteiger partial charge in [0, 0.05) is 30.2 Å². The number of aryl methyl sites for hydroxylation is 2. The topological polar surface area (TPSA) is 126 Å². The first-order chi connectivity index (χ1) is 18.1. The van der Waals surface area contributed by atoms with Crippen LogP contribution < -0.4 is 10.6 Å². The molecule has 4 aromatic rings. The molecule has 1 atom stereocenters. The molecular weight excluding hydrogens is 499 g/mol. The summed E-state index contributed by atoms with van der Waals surface area (Å²) in [5, 5.41) is 11.9. The van der Waals surface area contributed by atoms with Crippen LogP contribution in [0, 0.1) is 19.7 Å². The van der Waals surface area contributed by atoms with E-state index in [2.05, 4.69) is 35.8 Å². The van der Waals surface area contributed by atoms with Crippen LogP contribution in [0.15, 0.2) is 48.8 Å². The van der Waals surface area contributed by atoms with Gasteiger partial charge in [-0.2, -0.15) is 5.10 Å². The summed E-state index contributed by atoms with van der Waals surface area (Å²) in [6.45, 7) is 3.44. The van der Waals surface area contributed by atoms with Gasteiger partial charge in [0.2, 0.25) is 0 Å². The van der Waals surface area contributed by atoms with Gasteiger partial charge in [0.1, 0.15) is 29.4 Å². The highest BCUT2D eigenvalue weighted by molar-refractivity contribution is 5.97. The molecule has 2 heterocycles. The van der Waals surface area contributed by atoms with Crippen molar-refractivity contribution in [3.8, 4) is 11.4 Å². The quantitative estimate of drug-likeness (QED) is 0.353. The van der Waals surface area contributed by atoms with Gasteiger partial charge < -0.3 is 10.6 Å². The molecule has 0 saturated heterocycles. The normalized spacial score (nSPS) is 15.7. The molecule has 0 unspecified atom stereocenters. The molecule has 3 N–H and O–H groups in total. The molecule has 194 valence electrons. The Kier molecular flexibility index (Phi) is 6.39. The van der Waals surface area contributed by atoms with Gasteiger partial charge in [0.25, 0.3) is 17.7 Å². The van der Waals surface area contributed by atoms with Gasteiger partial charge in [0.15, 0.2) is 5.82 Å². The standard InChI is InChI=1S/C26H22F3N7O2/c1-13-7-15(3-6-19(13)27)11-30-24(37)20-9-21(32-12-31-20)25(38)34-22-10-26(28,29)18-8-16(4-5-17(18)22)23-33-14(2)35-36-23/h3-9,12,22H,10-11H2,1-2H3,(H,30,37)(H,34,38)(H,33,35,36)/t22-/m0/s1. The van der Waals surface area contributed by atoms with Crippen LogP contribution >= 0.6 is 0 Å². The van der Waals surface area contributed by atoms with Gasteiger partial charge in [-0.3, -0.25) is 14.7 Å². The van der Waals surface area contributed by atoms with E-state index in [9.17, 15) is 22.8 Å². The minimum Gasteiger partial charge on any atom is -0.347 e. The predicted octanol–water partition coefficient (Wildman–Crippen LogP) is 3.91. The zero-order valence-electron chi connectivity index (χ0n) is 20.3. The second-order valence-corrected chi connectivity index (χ2v) is 9.04. The zero-order valence-corrected chi connectivity index (χ0v) is 20.3. The van der Waals surface area contributed by atoms with E-state index in [4.69, 9.17) is 0 Å². The first kappa shape index (κ1) is 25.1. The first-order valence-electron chi connectivity index (χ1n) is 11.7. The minimum atomic E-state index is -3.18. The third-order valence-corrected chi connectivity index (χ3v) is 6.25. The van der Waals surface area contributed by atoms with Crippen molar-refractivity contribution in [3.05, 3.63) is 94.1 Å². The number of benzene rings is 2. The van der Waals surface area contributed by atoms with Crippen molar-refractivity contribution in [2.24, 2.45) is 0 Å². The number of rotatable bonds is 6. The lowest BCUT2D eigenvalue weighted by atomic mass is 10.0. The molecule has 38 heavy (non-hydrogen) atoms. The number of alkyl halides is 2. The zero-order chi connectivity index (χ0) is 27.0. The number of carbonyl (C=O) groups excluding carboxylic acids is 2. The molecular formula is C26H22F3N7O2. The summed E-state index contributed by atoms with van der Waals surface area (Å²) in [7, 11) is 0. The van der Waals surface area contributed by atoms with Gasteiger partial charge in [-0.15, -0.1) is 0 Å². The van der Waals surface area contributed by atoms with E-state index >= 15 is 0 Å². The van der Waals surface area contributed by atoms with Gasteiger partial charge >= 0.3 is 0 Å². The van der Waals surface area contributed by atoms with Crippen molar-refractivity contribution in [2.75, 3.05) is 0 Å². The molecule has 0 radical (unpaired) electrons. The van der Waals surface area contributed by atoms with Gasteiger partial charge in [-0.1, -0.05) is 24.3 Å². The molecule has 0 fully saturated rings. The lowest BCUT2D eigenvalue weighted by Crippen LogP contribution is -2.30. The molecule has 12 heteroatoms. The Bertz CT molecular complexity index is 1550. The summed E-state index contributed by atoms with van der Waals surface area (Å²) in [6, 6.07) is 9.17. The second-order valence-electron chi connectivity index (χ2n) is 9.04.